The Kier molecular flexibility index (Phi) is 4.09. The van der Waals surface area contributed by atoms with E-state index in [0.29, 0.717) is 17.6 Å². The molecule has 0 unspecified atom stereocenters. The van der Waals surface area contributed by atoms with E-state index in [1.165, 1.54) is 11.3 Å². The van der Waals surface area contributed by atoms with Gasteiger partial charge in [-0.1, -0.05) is 27.3 Å². The van der Waals surface area contributed by atoms with Crippen LogP contribution >= 0.6 is 27.3 Å². The Morgan fingerprint density at radius 2 is 2.00 bits per heavy atom. The van der Waals surface area contributed by atoms with Gasteiger partial charge >= 0.3 is 0 Å². The van der Waals surface area contributed by atoms with Crippen molar-refractivity contribution in [1.82, 2.24) is 10.2 Å². The summed E-state index contributed by atoms with van der Waals surface area (Å²) in [5, 5.41) is 12.5. The number of hydrogen-bond acceptors (Lipinski definition) is 5. The summed E-state index contributed by atoms with van der Waals surface area (Å²) >= 11 is 4.81. The molecule has 1 saturated heterocycles. The third kappa shape index (κ3) is 3.21. The van der Waals surface area contributed by atoms with Gasteiger partial charge in [0, 0.05) is 29.0 Å². The van der Waals surface area contributed by atoms with E-state index in [2.05, 4.69) is 31.4 Å². The molecule has 2 heterocycles. The second-order valence-corrected chi connectivity index (χ2v) is 8.02. The number of halogens is 1. The summed E-state index contributed by atoms with van der Waals surface area (Å²) in [5.74, 6) is -0.0432. The molecule has 1 N–H and O–H groups in total. The molecule has 2 fully saturated rings. The van der Waals surface area contributed by atoms with Gasteiger partial charge in [-0.3, -0.25) is 9.59 Å². The SMILES string of the molecule is O=C(Nc1nnc(C2CC2)s1)[C@@H]1CC(=O)N(c2ccc(Br)cc2)C1. The predicted octanol–water partition coefficient (Wildman–Crippen LogP) is 3.17. The Balaban J connectivity index is 1.41. The zero-order valence-electron chi connectivity index (χ0n) is 12.7. The molecule has 1 aromatic carbocycles. The number of amides is 2. The lowest BCUT2D eigenvalue weighted by Crippen LogP contribution is -2.28. The average Bonchev–Trinajstić information content (AvgIpc) is 3.19. The molecule has 2 aromatic rings. The van der Waals surface area contributed by atoms with Gasteiger partial charge in [0.2, 0.25) is 16.9 Å². The first kappa shape index (κ1) is 15.7. The van der Waals surface area contributed by atoms with E-state index in [-0.39, 0.29) is 24.2 Å². The van der Waals surface area contributed by atoms with E-state index in [9.17, 15) is 9.59 Å². The van der Waals surface area contributed by atoms with E-state index in [1.807, 2.05) is 24.3 Å². The van der Waals surface area contributed by atoms with Crippen molar-refractivity contribution in [1.29, 1.82) is 0 Å². The van der Waals surface area contributed by atoms with Crippen LogP contribution in [0.2, 0.25) is 0 Å². The highest BCUT2D eigenvalue weighted by Crippen LogP contribution is 2.42. The summed E-state index contributed by atoms with van der Waals surface area (Å²) in [6.07, 6.45) is 2.53. The Hall–Kier alpha value is -1.80. The summed E-state index contributed by atoms with van der Waals surface area (Å²) in [5.41, 5.74) is 0.811. The van der Waals surface area contributed by atoms with Crippen LogP contribution in [0.1, 0.15) is 30.2 Å². The number of carbonyl (C=O) groups is 2. The van der Waals surface area contributed by atoms with Crippen LogP contribution in [0.25, 0.3) is 0 Å². The quantitative estimate of drug-likeness (QED) is 0.845. The van der Waals surface area contributed by atoms with Crippen molar-refractivity contribution >= 4 is 49.9 Å². The Bertz CT molecular complexity index is 788. The largest absolute Gasteiger partial charge is 0.312 e. The molecular weight excluding hydrogens is 392 g/mol. The molecular formula is C16H15BrN4O2S. The van der Waals surface area contributed by atoms with Gasteiger partial charge in [0.25, 0.3) is 0 Å². The van der Waals surface area contributed by atoms with Crippen molar-refractivity contribution in [2.75, 3.05) is 16.8 Å². The van der Waals surface area contributed by atoms with E-state index < -0.39 is 0 Å². The number of benzene rings is 1. The zero-order chi connectivity index (χ0) is 16.7. The van der Waals surface area contributed by atoms with Crippen LogP contribution in [0.4, 0.5) is 10.8 Å². The van der Waals surface area contributed by atoms with Crippen molar-refractivity contribution < 1.29 is 9.59 Å². The molecule has 124 valence electrons. The van der Waals surface area contributed by atoms with Crippen molar-refractivity contribution in [2.24, 2.45) is 5.92 Å². The Morgan fingerprint density at radius 1 is 1.25 bits per heavy atom. The lowest BCUT2D eigenvalue weighted by Gasteiger charge is -2.16. The topological polar surface area (TPSA) is 75.2 Å². The smallest absolute Gasteiger partial charge is 0.231 e. The second-order valence-electron chi connectivity index (χ2n) is 6.09. The summed E-state index contributed by atoms with van der Waals surface area (Å²) < 4.78 is 0.954. The first-order chi connectivity index (χ1) is 11.6. The minimum absolute atomic E-state index is 0.0339. The van der Waals surface area contributed by atoms with E-state index in [0.717, 1.165) is 28.0 Å². The fourth-order valence-corrected chi connectivity index (χ4v) is 3.92. The highest BCUT2D eigenvalue weighted by molar-refractivity contribution is 9.10. The number of nitrogens with one attached hydrogen (secondary N) is 1. The lowest BCUT2D eigenvalue weighted by molar-refractivity contribution is -0.122. The summed E-state index contributed by atoms with van der Waals surface area (Å²) in [6, 6.07) is 7.51. The third-order valence-corrected chi connectivity index (χ3v) is 5.76. The van der Waals surface area contributed by atoms with Crippen LogP contribution in [-0.4, -0.2) is 28.6 Å². The molecule has 8 heteroatoms. The predicted molar refractivity (Wildman–Crippen MR) is 95.1 cm³/mol. The van der Waals surface area contributed by atoms with Gasteiger partial charge in [0.05, 0.1) is 5.92 Å². The molecule has 1 saturated carbocycles. The van der Waals surface area contributed by atoms with E-state index >= 15 is 0 Å². The highest BCUT2D eigenvalue weighted by Gasteiger charge is 2.35. The minimum Gasteiger partial charge on any atom is -0.312 e. The van der Waals surface area contributed by atoms with Gasteiger partial charge < -0.3 is 10.2 Å². The van der Waals surface area contributed by atoms with Crippen LogP contribution in [-0.2, 0) is 9.59 Å². The van der Waals surface area contributed by atoms with Crippen LogP contribution in [0.3, 0.4) is 0 Å². The summed E-state index contributed by atoms with van der Waals surface area (Å²) in [6.45, 7) is 0.389. The van der Waals surface area contributed by atoms with Crippen molar-refractivity contribution in [2.45, 2.75) is 25.2 Å². The van der Waals surface area contributed by atoms with Crippen LogP contribution in [0, 0.1) is 5.92 Å². The maximum absolute atomic E-state index is 12.4. The second kappa shape index (κ2) is 6.25. The van der Waals surface area contributed by atoms with Crippen molar-refractivity contribution in [3.8, 4) is 0 Å². The first-order valence-corrected chi connectivity index (χ1v) is 9.41. The molecule has 1 aliphatic carbocycles. The Labute approximate surface area is 151 Å². The van der Waals surface area contributed by atoms with Gasteiger partial charge in [-0.15, -0.1) is 10.2 Å². The maximum atomic E-state index is 12.4. The third-order valence-electron chi connectivity index (χ3n) is 4.23. The molecule has 6 nitrogen and oxygen atoms in total. The number of nitrogens with zero attached hydrogens (tertiary/aromatic N) is 3. The van der Waals surface area contributed by atoms with Crippen molar-refractivity contribution in [3.05, 3.63) is 33.7 Å². The van der Waals surface area contributed by atoms with Gasteiger partial charge in [-0.25, -0.2) is 0 Å². The van der Waals surface area contributed by atoms with E-state index in [1.54, 1.807) is 4.90 Å². The minimum atomic E-state index is -0.366. The van der Waals surface area contributed by atoms with Crippen LogP contribution < -0.4 is 10.2 Å². The van der Waals surface area contributed by atoms with Gasteiger partial charge in [-0.2, -0.15) is 0 Å². The molecule has 0 spiro atoms. The van der Waals surface area contributed by atoms with Crippen LogP contribution in [0.15, 0.2) is 28.7 Å². The number of aromatic nitrogens is 2. The molecule has 2 amide bonds. The molecule has 0 radical (unpaired) electrons. The van der Waals surface area contributed by atoms with E-state index in [4.69, 9.17) is 0 Å². The molecule has 1 aromatic heterocycles. The zero-order valence-corrected chi connectivity index (χ0v) is 15.1. The maximum Gasteiger partial charge on any atom is 0.231 e. The van der Waals surface area contributed by atoms with Gasteiger partial charge in [0.1, 0.15) is 5.01 Å². The standard InChI is InChI=1S/C16H15BrN4O2S/c17-11-3-5-12(6-4-11)21-8-10(7-13(21)22)14(23)18-16-20-19-15(24-16)9-1-2-9/h3-6,9-10H,1-2,7-8H2,(H,18,20,23)/t10-/m1/s1. The number of rotatable bonds is 4. The molecule has 24 heavy (non-hydrogen) atoms. The highest BCUT2D eigenvalue weighted by atomic mass is 79.9. The van der Waals surface area contributed by atoms with Gasteiger partial charge in [0.15, 0.2) is 0 Å². The number of anilines is 2. The van der Waals surface area contributed by atoms with Crippen molar-refractivity contribution in [3.63, 3.8) is 0 Å². The lowest BCUT2D eigenvalue weighted by atomic mass is 10.1. The fraction of sp³-hybridized carbons (Fsp3) is 0.375. The monoisotopic (exact) mass is 406 g/mol. The molecule has 1 aliphatic heterocycles. The Morgan fingerprint density at radius 3 is 2.71 bits per heavy atom. The summed E-state index contributed by atoms with van der Waals surface area (Å²) in [7, 11) is 0. The first-order valence-electron chi connectivity index (χ1n) is 7.80. The molecule has 0 bridgehead atoms. The summed E-state index contributed by atoms with van der Waals surface area (Å²) in [4.78, 5) is 26.3. The number of carbonyl (C=O) groups excluding carboxylic acids is 2. The fourth-order valence-electron chi connectivity index (χ4n) is 2.74. The average molecular weight is 407 g/mol. The van der Waals surface area contributed by atoms with Gasteiger partial charge in [-0.05, 0) is 37.1 Å². The van der Waals surface area contributed by atoms with Crippen LogP contribution in [0.5, 0.6) is 0 Å². The normalized spacial score (nSPS) is 20.5. The molecule has 1 atom stereocenters. The molecule has 4 rings (SSSR count). The molecule has 2 aliphatic rings. The number of hydrogen-bond donors (Lipinski definition) is 1.